The Hall–Kier alpha value is -7.80. The molecule has 4 fully saturated rings. The van der Waals surface area contributed by atoms with E-state index in [1.807, 2.05) is 4.90 Å². The monoisotopic (exact) mass is 1150 g/mol. The van der Waals surface area contributed by atoms with Crippen LogP contribution in [0.2, 0.25) is 0 Å². The molecule has 4 aliphatic heterocycles. The molecular formula is C50H74N16O14S. The maximum absolute atomic E-state index is 12.5. The topological polar surface area (TPSA) is 341 Å². The first kappa shape index (κ1) is 62.4. The molecule has 30 nitrogen and oxygen atoms in total. The first-order chi connectivity index (χ1) is 38.4. The van der Waals surface area contributed by atoms with Gasteiger partial charge in [-0.1, -0.05) is 0 Å². The molecule has 0 radical (unpaired) electrons. The largest absolute Gasteiger partial charge is 0.396 e. The number of hydrogen-bond acceptors (Lipinski definition) is 17. The van der Waals surface area contributed by atoms with E-state index in [2.05, 4.69) is 24.1 Å². The molecule has 31 heteroatoms. The third-order valence-corrected chi connectivity index (χ3v) is 14.7. The molecule has 6 aromatic heterocycles. The van der Waals surface area contributed by atoms with E-state index < -0.39 is 21.4 Å². The summed E-state index contributed by atoms with van der Waals surface area (Å²) in [6.07, 6.45) is 14.2. The van der Waals surface area contributed by atoms with Crippen LogP contribution < -0.4 is 33.7 Å². The van der Waals surface area contributed by atoms with Gasteiger partial charge in [-0.3, -0.25) is 65.6 Å². The second-order valence-electron chi connectivity index (χ2n) is 20.1. The van der Waals surface area contributed by atoms with Crippen molar-refractivity contribution in [1.82, 2.24) is 76.1 Å². The molecule has 4 amide bonds. The molecule has 0 spiro atoms. The number of aromatic amines is 1. The molecule has 444 valence electrons. The average Bonchev–Trinajstić information content (AvgIpc) is 4.54. The molecular weight excluding hydrogens is 1080 g/mol. The number of nitrogens with one attached hydrogen (secondary N) is 1. The quantitative estimate of drug-likeness (QED) is 0.0768. The van der Waals surface area contributed by atoms with E-state index in [1.165, 1.54) is 41.8 Å². The highest BCUT2D eigenvalue weighted by Gasteiger charge is 2.23. The minimum absolute atomic E-state index is 0.155. The van der Waals surface area contributed by atoms with E-state index in [1.54, 1.807) is 70.7 Å². The van der Waals surface area contributed by atoms with Gasteiger partial charge in [0.2, 0.25) is 23.6 Å². The summed E-state index contributed by atoms with van der Waals surface area (Å²) in [7, 11) is 6.61. The highest BCUT2D eigenvalue weighted by molar-refractivity contribution is 7.85. The number of carbonyl (C=O) groups is 4. The summed E-state index contributed by atoms with van der Waals surface area (Å²) >= 11 is 0. The van der Waals surface area contributed by atoms with E-state index >= 15 is 0 Å². The van der Waals surface area contributed by atoms with Crippen LogP contribution in [0.3, 0.4) is 0 Å². The Kier molecular flexibility index (Phi) is 21.6. The van der Waals surface area contributed by atoms with Crippen LogP contribution in [0.1, 0.15) is 77.0 Å². The molecule has 0 aromatic carbocycles. The molecule has 0 saturated carbocycles. The van der Waals surface area contributed by atoms with Gasteiger partial charge in [0, 0.05) is 140 Å². The Balaban J connectivity index is 0.000000168. The number of rotatable bonds is 16. The molecule has 81 heavy (non-hydrogen) atoms. The number of carbonyl (C=O) groups excluding carboxylic acids is 4. The lowest BCUT2D eigenvalue weighted by atomic mass is 10.3. The van der Waals surface area contributed by atoms with Crippen molar-refractivity contribution < 1.29 is 36.9 Å². The van der Waals surface area contributed by atoms with E-state index in [4.69, 9.17) is 5.11 Å². The van der Waals surface area contributed by atoms with Crippen molar-refractivity contribution in [3.63, 3.8) is 0 Å². The highest BCUT2D eigenvalue weighted by atomic mass is 32.2. The SMILES string of the molecule is CS(=O)(=O)OCCCN1CCCC1=O.Cn1cnc2c1c(=O)[nH]c(=O)n2C.Cn1cnc2c1c(=O)n(CCCN1CCCC1=O)c(=O)n2C.Cn1cnc2c1c(=O)n(CCCN1CCCC1=O)c(=O)n2C.O=C1CCCN1CCCO. The number of hydrogen-bond donors (Lipinski definition) is 2. The number of H-pyrrole nitrogens is 1. The van der Waals surface area contributed by atoms with Crippen LogP contribution in [-0.4, -0.2) is 185 Å². The second kappa shape index (κ2) is 28.1. The van der Waals surface area contributed by atoms with E-state index in [-0.39, 0.29) is 59.3 Å². The van der Waals surface area contributed by atoms with Crippen LogP contribution in [0.25, 0.3) is 33.5 Å². The third kappa shape index (κ3) is 15.6. The zero-order chi connectivity index (χ0) is 59.3. The standard InChI is InChI=1S/2C14H19N5O3.C8H15NO4S.C7H8N4O2.C7H13NO2/c2*1-16-9-15-12-11(16)13(21)19(14(22)17(12)2)8-4-7-18-6-3-5-10(18)20;1-14(11,12)13-7-3-6-9-5-2-4-8(9)10;1-10-3-8-5-4(10)6(12)9-7(13)11(5)2;9-6-2-5-8-4-1-3-7(8)10/h2*9H,3-8H2,1-2H3;2-7H2,1H3;3H,1-2H3,(H,9,12,13);9H,1-6H2. The summed E-state index contributed by atoms with van der Waals surface area (Å²) in [6.45, 7) is 6.65. The molecule has 0 aliphatic carbocycles. The second-order valence-corrected chi connectivity index (χ2v) is 21.7. The fraction of sp³-hybridized carbons (Fsp3) is 0.620. The summed E-state index contributed by atoms with van der Waals surface area (Å²) in [5.41, 5.74) is 0.169. The van der Waals surface area contributed by atoms with E-state index in [9.17, 15) is 56.4 Å². The van der Waals surface area contributed by atoms with Crippen LogP contribution in [0.15, 0.2) is 47.7 Å². The van der Waals surface area contributed by atoms with Crippen molar-refractivity contribution in [1.29, 1.82) is 0 Å². The lowest BCUT2D eigenvalue weighted by Crippen LogP contribution is -2.40. The van der Waals surface area contributed by atoms with Gasteiger partial charge in [0.1, 0.15) is 0 Å². The van der Waals surface area contributed by atoms with Gasteiger partial charge in [-0.15, -0.1) is 0 Å². The number of aliphatic hydroxyl groups is 1. The Morgan fingerprint density at radius 3 is 1.19 bits per heavy atom. The summed E-state index contributed by atoms with van der Waals surface area (Å²) < 4.78 is 37.1. The van der Waals surface area contributed by atoms with Gasteiger partial charge in [-0.2, -0.15) is 8.42 Å². The maximum Gasteiger partial charge on any atom is 0.332 e. The molecule has 10 heterocycles. The lowest BCUT2D eigenvalue weighted by molar-refractivity contribution is -0.128. The lowest BCUT2D eigenvalue weighted by Gasteiger charge is -2.15. The van der Waals surface area contributed by atoms with Crippen molar-refractivity contribution in [3.05, 3.63) is 81.5 Å². The fourth-order valence-electron chi connectivity index (χ4n) is 9.78. The Morgan fingerprint density at radius 2 is 0.840 bits per heavy atom. The normalized spacial score (nSPS) is 15.4. The minimum Gasteiger partial charge on any atom is -0.396 e. The zero-order valence-corrected chi connectivity index (χ0v) is 47.9. The van der Waals surface area contributed by atoms with E-state index in [0.29, 0.717) is 118 Å². The van der Waals surface area contributed by atoms with Gasteiger partial charge in [0.25, 0.3) is 26.8 Å². The molecule has 4 aliphatic rings. The van der Waals surface area contributed by atoms with Crippen molar-refractivity contribution in [2.24, 2.45) is 42.3 Å². The number of aromatic nitrogens is 12. The van der Waals surface area contributed by atoms with Gasteiger partial charge in [-0.25, -0.2) is 29.3 Å². The Labute approximate surface area is 464 Å². The van der Waals surface area contributed by atoms with Crippen LogP contribution in [0.4, 0.5) is 0 Å². The first-order valence-corrected chi connectivity index (χ1v) is 28.7. The number of fused-ring (bicyclic) bond motifs is 3. The predicted molar refractivity (Wildman–Crippen MR) is 297 cm³/mol. The number of imidazole rings is 3. The third-order valence-electron chi connectivity index (χ3n) is 14.1. The smallest absolute Gasteiger partial charge is 0.332 e. The van der Waals surface area contributed by atoms with Gasteiger partial charge in [-0.05, 0) is 51.4 Å². The van der Waals surface area contributed by atoms with Gasteiger partial charge in [0.05, 0.1) is 31.8 Å². The number of nitrogens with zero attached hydrogens (tertiary/aromatic N) is 15. The number of aliphatic hydroxyl groups excluding tert-OH is 1. The molecule has 0 unspecified atom stereocenters. The van der Waals surface area contributed by atoms with Gasteiger partial charge >= 0.3 is 17.1 Å². The summed E-state index contributed by atoms with van der Waals surface area (Å²) in [5, 5.41) is 8.47. The maximum atomic E-state index is 12.5. The molecule has 10 rings (SSSR count). The zero-order valence-electron chi connectivity index (χ0n) is 47.1. The van der Waals surface area contributed by atoms with Crippen molar-refractivity contribution in [2.75, 3.05) is 71.8 Å². The van der Waals surface area contributed by atoms with Crippen LogP contribution in [-0.2, 0) is 88.9 Å². The predicted octanol–water partition coefficient (Wildman–Crippen LogP) is -2.18. The summed E-state index contributed by atoms with van der Waals surface area (Å²) in [4.78, 5) is 139. The highest BCUT2D eigenvalue weighted by Crippen LogP contribution is 2.13. The summed E-state index contributed by atoms with van der Waals surface area (Å²) in [6, 6.07) is 0. The molecule has 2 N–H and O–H groups in total. The van der Waals surface area contributed by atoms with Crippen LogP contribution in [0, 0.1) is 0 Å². The number of likely N-dealkylation sites (tertiary alicyclic amines) is 4. The molecule has 0 bridgehead atoms. The van der Waals surface area contributed by atoms with Crippen molar-refractivity contribution in [2.45, 2.75) is 90.1 Å². The van der Waals surface area contributed by atoms with E-state index in [0.717, 1.165) is 64.7 Å². The first-order valence-electron chi connectivity index (χ1n) is 26.8. The molecule has 0 atom stereocenters. The Bertz CT molecular complexity index is 3590. The van der Waals surface area contributed by atoms with Crippen LogP contribution in [0.5, 0.6) is 0 Å². The number of amides is 4. The minimum atomic E-state index is -3.34. The number of aryl methyl sites for hydroxylation is 6. The van der Waals surface area contributed by atoms with Crippen molar-refractivity contribution in [3.8, 4) is 0 Å². The van der Waals surface area contributed by atoms with Crippen molar-refractivity contribution >= 4 is 67.2 Å². The average molecular weight is 1160 g/mol. The Morgan fingerprint density at radius 1 is 0.494 bits per heavy atom. The molecule has 4 saturated heterocycles. The van der Waals surface area contributed by atoms with Gasteiger partial charge < -0.3 is 38.4 Å². The fourth-order valence-corrected chi connectivity index (χ4v) is 10.2. The van der Waals surface area contributed by atoms with Crippen LogP contribution >= 0.6 is 0 Å². The summed E-state index contributed by atoms with van der Waals surface area (Å²) in [5.74, 6) is 0.711. The van der Waals surface area contributed by atoms with Gasteiger partial charge in [0.15, 0.2) is 33.5 Å². The molecule has 6 aromatic rings.